The minimum absolute atomic E-state index is 0. The Morgan fingerprint density at radius 3 is 1.72 bits per heavy atom. The number of hydrogen-bond donors (Lipinski definition) is 1. The van der Waals surface area contributed by atoms with Gasteiger partial charge < -0.3 is 17.4 Å². The SMILES string of the molecule is Cc1c(C)c(C)[c-](C)c1C.Cc1c[c-]c([NH+]=[C-]CC(C)(C)C)cc1.ClCCl.[Cl-].[Ir+3]. The van der Waals surface area contributed by atoms with E-state index in [0.717, 1.165) is 12.1 Å². The predicted octanol–water partition coefficient (Wildman–Crippen LogP) is 3.26. The summed E-state index contributed by atoms with van der Waals surface area (Å²) >= 11 is 9.53. The van der Waals surface area contributed by atoms with Gasteiger partial charge in [-0.05, 0) is 11.8 Å². The molecule has 1 nitrogen and oxygen atoms in total. The first kappa shape index (κ1) is 33.4. The van der Waals surface area contributed by atoms with E-state index >= 15 is 0 Å². The van der Waals surface area contributed by atoms with E-state index in [2.05, 4.69) is 85.7 Å². The number of alkyl halides is 2. The molecule has 1 N–H and O–H groups in total. The number of hydrogen-bond acceptors (Lipinski definition) is 0. The second-order valence-corrected chi connectivity index (χ2v) is 8.85. The van der Waals surface area contributed by atoms with Crippen LogP contribution in [0, 0.1) is 53.0 Å². The molecule has 0 aromatic heterocycles. The molecule has 0 saturated heterocycles. The summed E-state index contributed by atoms with van der Waals surface area (Å²) in [6.07, 6.45) is 4.11. The topological polar surface area (TPSA) is 14.0 Å². The van der Waals surface area contributed by atoms with Gasteiger partial charge in [0.25, 0.3) is 0 Å². The van der Waals surface area contributed by atoms with Gasteiger partial charge in [0, 0.05) is 6.21 Å². The van der Waals surface area contributed by atoms with Crippen LogP contribution in [0.25, 0.3) is 0 Å². The maximum atomic E-state index is 4.76. The van der Waals surface area contributed by atoms with Crippen LogP contribution in [0.2, 0.25) is 0 Å². The fourth-order valence-electron chi connectivity index (χ4n) is 2.39. The van der Waals surface area contributed by atoms with Crippen LogP contribution in [0.3, 0.4) is 0 Å². The average Bonchev–Trinajstić information content (AvgIpc) is 2.75. The first-order chi connectivity index (χ1) is 12.4. The summed E-state index contributed by atoms with van der Waals surface area (Å²) in [7, 11) is 0. The molecule has 0 unspecified atom stereocenters. The van der Waals surface area contributed by atoms with Crippen molar-refractivity contribution in [2.24, 2.45) is 5.41 Å². The second-order valence-electron chi connectivity index (χ2n) is 8.04. The Bertz CT molecular complexity index is 631. The van der Waals surface area contributed by atoms with Crippen molar-refractivity contribution >= 4 is 35.1 Å². The van der Waals surface area contributed by atoms with Crippen LogP contribution in [0.15, 0.2) is 18.2 Å². The van der Waals surface area contributed by atoms with Crippen molar-refractivity contribution in [1.29, 1.82) is 0 Å². The van der Waals surface area contributed by atoms with E-state index in [1.54, 1.807) is 0 Å². The van der Waals surface area contributed by atoms with Crippen LogP contribution in [0.1, 0.15) is 60.6 Å². The molecule has 0 amide bonds. The Kier molecular flexibility index (Phi) is 18.9. The van der Waals surface area contributed by atoms with Crippen LogP contribution in [-0.2, 0) is 20.1 Å². The van der Waals surface area contributed by atoms with Crippen LogP contribution in [-0.4, -0.2) is 11.6 Å². The molecule has 0 bridgehead atoms. The van der Waals surface area contributed by atoms with Gasteiger partial charge in [-0.2, -0.15) is 51.6 Å². The fraction of sp³-hybridized carbons (Fsp3) is 0.500. The molecule has 0 heterocycles. The maximum Gasteiger partial charge on any atom is 3.00 e. The molecule has 2 aromatic carbocycles. The zero-order valence-electron chi connectivity index (χ0n) is 19.1. The predicted molar refractivity (Wildman–Crippen MR) is 122 cm³/mol. The minimum atomic E-state index is 0. The van der Waals surface area contributed by atoms with Crippen molar-refractivity contribution in [2.75, 3.05) is 5.34 Å². The molecule has 0 spiro atoms. The monoisotopic (exact) mass is 635 g/mol. The van der Waals surface area contributed by atoms with Gasteiger partial charge in [-0.1, -0.05) is 68.0 Å². The van der Waals surface area contributed by atoms with Crippen molar-refractivity contribution in [3.63, 3.8) is 0 Å². The van der Waals surface area contributed by atoms with Crippen molar-refractivity contribution in [3.8, 4) is 0 Å². The third kappa shape index (κ3) is 13.6. The minimum Gasteiger partial charge on any atom is -1.00 e. The molecule has 0 atom stereocenters. The largest absolute Gasteiger partial charge is 3.00 e. The molecule has 29 heavy (non-hydrogen) atoms. The first-order valence-electron chi connectivity index (χ1n) is 9.23. The molecule has 2 rings (SSSR count). The fourth-order valence-corrected chi connectivity index (χ4v) is 2.39. The van der Waals surface area contributed by atoms with E-state index in [1.165, 1.54) is 33.4 Å². The summed E-state index contributed by atoms with van der Waals surface area (Å²) in [4.78, 5) is 3.12. The van der Waals surface area contributed by atoms with Gasteiger partial charge in [0.1, 0.15) is 0 Å². The Balaban J connectivity index is -0.000000400. The van der Waals surface area contributed by atoms with Crippen LogP contribution in [0.4, 0.5) is 5.69 Å². The summed E-state index contributed by atoms with van der Waals surface area (Å²) in [5.74, 6) is 0. The summed E-state index contributed by atoms with van der Waals surface area (Å²) < 4.78 is 0. The first-order valence-corrected chi connectivity index (χ1v) is 10.3. The van der Waals surface area contributed by atoms with E-state index in [0.29, 0.717) is 0 Å². The third-order valence-corrected chi connectivity index (χ3v) is 4.62. The summed E-state index contributed by atoms with van der Waals surface area (Å²) in [6.45, 7) is 19.6. The van der Waals surface area contributed by atoms with Crippen LogP contribution < -0.4 is 17.4 Å². The van der Waals surface area contributed by atoms with Crippen LogP contribution >= 0.6 is 23.2 Å². The molecular formula is C24H35Cl3IrN. The quantitative estimate of drug-likeness (QED) is 0.296. The Hall–Kier alpha value is -0.241. The molecule has 0 aliphatic rings. The zero-order chi connectivity index (χ0) is 21.2. The van der Waals surface area contributed by atoms with E-state index in [9.17, 15) is 0 Å². The molecule has 0 fully saturated rings. The summed E-state index contributed by atoms with van der Waals surface area (Å²) in [6, 6.07) is 9.21. The van der Waals surface area contributed by atoms with Crippen molar-refractivity contribution in [1.82, 2.24) is 0 Å². The normalized spacial score (nSPS) is 10.2. The second kappa shape index (κ2) is 16.5. The van der Waals surface area contributed by atoms with E-state index < -0.39 is 0 Å². The van der Waals surface area contributed by atoms with Gasteiger partial charge in [-0.3, -0.25) is 0 Å². The molecule has 166 valence electrons. The van der Waals surface area contributed by atoms with Crippen LogP contribution in [0.5, 0.6) is 0 Å². The Morgan fingerprint density at radius 1 is 1.00 bits per heavy atom. The van der Waals surface area contributed by atoms with E-state index in [4.69, 9.17) is 23.2 Å². The van der Waals surface area contributed by atoms with Crippen molar-refractivity contribution in [2.45, 2.75) is 68.7 Å². The number of nitrogens with one attached hydrogen (secondary N) is 1. The number of rotatable bonds is 2. The molecule has 5 heteroatoms. The van der Waals surface area contributed by atoms with Gasteiger partial charge in [0.05, 0.1) is 5.34 Å². The maximum absolute atomic E-state index is 4.76. The van der Waals surface area contributed by atoms with Gasteiger partial charge >= 0.3 is 20.1 Å². The smallest absolute Gasteiger partial charge is 1.00 e. The number of aryl methyl sites for hydroxylation is 1. The number of halogens is 3. The molecule has 0 aliphatic heterocycles. The Morgan fingerprint density at radius 2 is 1.45 bits per heavy atom. The van der Waals surface area contributed by atoms with Gasteiger partial charge in [0.15, 0.2) is 0 Å². The van der Waals surface area contributed by atoms with Gasteiger partial charge in [-0.15, -0.1) is 23.2 Å². The van der Waals surface area contributed by atoms with Gasteiger partial charge in [0.2, 0.25) is 0 Å². The average molecular weight is 636 g/mol. The molecule has 0 saturated carbocycles. The Labute approximate surface area is 208 Å². The molecule has 0 radical (unpaired) electrons. The summed E-state index contributed by atoms with van der Waals surface area (Å²) in [5.41, 5.74) is 9.84. The van der Waals surface area contributed by atoms with E-state index in [-0.39, 0.29) is 43.3 Å². The van der Waals surface area contributed by atoms with Gasteiger partial charge in [-0.25, -0.2) is 6.07 Å². The van der Waals surface area contributed by atoms with Crippen molar-refractivity contribution < 1.29 is 37.5 Å². The third-order valence-electron chi connectivity index (χ3n) is 4.62. The number of benzene rings is 1. The van der Waals surface area contributed by atoms with Crippen molar-refractivity contribution in [3.05, 3.63) is 57.6 Å². The standard InChI is InChI=1S/C13H18N.C10H15.CH2Cl2.ClH.Ir/c1-11-5-7-12(8-6-11)14-10-9-13(2,3)4;1-6-7(2)9(4)10(5)8(6)3;2-1-3;;/h5-7,14H,9H2,1-4H3;1-5H3;1H2;1H;/q2*-1;;;+3/p-1. The molecule has 0 aliphatic carbocycles. The molecule has 2 aromatic rings. The zero-order valence-corrected chi connectivity index (χ0v) is 23.8. The molecular weight excluding hydrogens is 601 g/mol. The summed E-state index contributed by atoms with van der Waals surface area (Å²) in [5, 5.41) is 0.194. The van der Waals surface area contributed by atoms with E-state index in [1.807, 2.05) is 12.1 Å².